The van der Waals surface area contributed by atoms with Crippen LogP contribution in [0.2, 0.25) is 0 Å². The van der Waals surface area contributed by atoms with Crippen molar-refractivity contribution in [3.05, 3.63) is 89.2 Å². The fourth-order valence-electron chi connectivity index (χ4n) is 3.64. The Bertz CT molecular complexity index is 1150. The number of ether oxygens (including phenoxy) is 1. The molecule has 1 aliphatic rings. The predicted octanol–water partition coefficient (Wildman–Crippen LogP) is 4.52. The molecular formula is C26H26FN3O3. The van der Waals surface area contributed by atoms with E-state index in [-0.39, 0.29) is 24.1 Å². The Morgan fingerprint density at radius 2 is 1.76 bits per heavy atom. The minimum atomic E-state index is -0.426. The molecule has 0 aromatic heterocycles. The molecule has 1 heterocycles. The van der Waals surface area contributed by atoms with E-state index in [0.717, 1.165) is 22.4 Å². The topological polar surface area (TPSA) is 70.7 Å². The van der Waals surface area contributed by atoms with E-state index in [2.05, 4.69) is 10.9 Å². The van der Waals surface area contributed by atoms with Crippen LogP contribution in [-0.2, 0) is 16.2 Å². The molecule has 4 rings (SSSR count). The summed E-state index contributed by atoms with van der Waals surface area (Å²) in [6, 6.07) is 19.1. The van der Waals surface area contributed by atoms with Gasteiger partial charge in [-0.2, -0.15) is 0 Å². The Hall–Kier alpha value is -3.87. The minimum absolute atomic E-state index is 0.0546. The van der Waals surface area contributed by atoms with Crippen molar-refractivity contribution in [2.24, 2.45) is 5.92 Å². The third kappa shape index (κ3) is 5.49. The highest BCUT2D eigenvalue weighted by Crippen LogP contribution is 2.27. The number of aryl methyl sites for hydroxylation is 2. The first-order valence-corrected chi connectivity index (χ1v) is 10.8. The molecule has 2 N–H and O–H groups in total. The molecule has 7 heteroatoms. The van der Waals surface area contributed by atoms with Crippen LogP contribution in [0.25, 0.3) is 0 Å². The standard InChI is InChI=1S/C26H26FN3O3/c1-17-3-10-23(13-18(17)2)30-15-20(14-25(30)31)26(32)29-28-22-8-11-24(12-9-22)33-16-19-4-6-21(27)7-5-19/h3-13,20,28H,14-16H2,1-2H3,(H,29,32)/t20-/m0/s1. The average molecular weight is 448 g/mol. The summed E-state index contributed by atoms with van der Waals surface area (Å²) in [7, 11) is 0. The third-order valence-electron chi connectivity index (χ3n) is 5.80. The number of amides is 2. The SMILES string of the molecule is Cc1ccc(N2C[C@@H](C(=O)NNc3ccc(OCc4ccc(F)cc4)cc3)CC2=O)cc1C. The summed E-state index contributed by atoms with van der Waals surface area (Å²) in [5.41, 5.74) is 10.2. The Morgan fingerprint density at radius 3 is 2.45 bits per heavy atom. The zero-order valence-electron chi connectivity index (χ0n) is 18.6. The molecule has 3 aromatic rings. The van der Waals surface area contributed by atoms with Crippen molar-refractivity contribution in [2.45, 2.75) is 26.9 Å². The van der Waals surface area contributed by atoms with Crippen molar-refractivity contribution in [1.82, 2.24) is 5.43 Å². The van der Waals surface area contributed by atoms with Crippen molar-refractivity contribution >= 4 is 23.2 Å². The van der Waals surface area contributed by atoms with Crippen LogP contribution in [0, 0.1) is 25.6 Å². The minimum Gasteiger partial charge on any atom is -0.489 e. The van der Waals surface area contributed by atoms with Crippen LogP contribution in [0.3, 0.4) is 0 Å². The molecule has 1 fully saturated rings. The van der Waals surface area contributed by atoms with Gasteiger partial charge in [-0.1, -0.05) is 18.2 Å². The predicted molar refractivity (Wildman–Crippen MR) is 125 cm³/mol. The number of halogens is 1. The second-order valence-electron chi connectivity index (χ2n) is 8.23. The zero-order valence-corrected chi connectivity index (χ0v) is 18.6. The summed E-state index contributed by atoms with van der Waals surface area (Å²) in [5.74, 6) is -0.338. The maximum atomic E-state index is 13.0. The number of hydrogen-bond donors (Lipinski definition) is 2. The lowest BCUT2D eigenvalue weighted by Crippen LogP contribution is -2.36. The van der Waals surface area contributed by atoms with Crippen molar-refractivity contribution < 1.29 is 18.7 Å². The average Bonchev–Trinajstić information content (AvgIpc) is 3.21. The van der Waals surface area contributed by atoms with Gasteiger partial charge in [0.05, 0.1) is 11.6 Å². The lowest BCUT2D eigenvalue weighted by atomic mass is 10.1. The molecule has 6 nitrogen and oxygen atoms in total. The number of nitrogens with zero attached hydrogens (tertiary/aromatic N) is 1. The molecular weight excluding hydrogens is 421 g/mol. The second kappa shape index (κ2) is 9.73. The molecule has 170 valence electrons. The molecule has 33 heavy (non-hydrogen) atoms. The highest BCUT2D eigenvalue weighted by molar-refractivity contribution is 6.00. The highest BCUT2D eigenvalue weighted by Gasteiger charge is 2.35. The Morgan fingerprint density at radius 1 is 1.03 bits per heavy atom. The van der Waals surface area contributed by atoms with E-state index in [0.29, 0.717) is 24.6 Å². The van der Waals surface area contributed by atoms with Gasteiger partial charge in [-0.15, -0.1) is 0 Å². The van der Waals surface area contributed by atoms with Gasteiger partial charge < -0.3 is 9.64 Å². The Balaban J connectivity index is 1.27. The molecule has 1 aliphatic heterocycles. The summed E-state index contributed by atoms with van der Waals surface area (Å²) in [4.78, 5) is 26.8. The van der Waals surface area contributed by atoms with E-state index in [4.69, 9.17) is 4.74 Å². The van der Waals surface area contributed by atoms with Gasteiger partial charge in [0.25, 0.3) is 0 Å². The van der Waals surface area contributed by atoms with Crippen LogP contribution in [0.15, 0.2) is 66.7 Å². The van der Waals surface area contributed by atoms with E-state index >= 15 is 0 Å². The van der Waals surface area contributed by atoms with Gasteiger partial charge in [0, 0.05) is 18.7 Å². The first kappa shape index (κ1) is 22.3. The normalized spacial score (nSPS) is 15.4. The van der Waals surface area contributed by atoms with Crippen molar-refractivity contribution in [1.29, 1.82) is 0 Å². The lowest BCUT2D eigenvalue weighted by Gasteiger charge is -2.18. The molecule has 0 radical (unpaired) electrons. The molecule has 1 atom stereocenters. The third-order valence-corrected chi connectivity index (χ3v) is 5.80. The van der Waals surface area contributed by atoms with Gasteiger partial charge in [0.1, 0.15) is 18.2 Å². The molecule has 0 saturated carbocycles. The van der Waals surface area contributed by atoms with Gasteiger partial charge >= 0.3 is 0 Å². The van der Waals surface area contributed by atoms with Crippen LogP contribution in [0.1, 0.15) is 23.1 Å². The van der Waals surface area contributed by atoms with Crippen LogP contribution in [0.4, 0.5) is 15.8 Å². The Labute approximate surface area is 192 Å². The van der Waals surface area contributed by atoms with Crippen LogP contribution in [-0.4, -0.2) is 18.4 Å². The quantitative estimate of drug-likeness (QED) is 0.523. The summed E-state index contributed by atoms with van der Waals surface area (Å²) < 4.78 is 18.7. The monoisotopic (exact) mass is 447 g/mol. The molecule has 0 aliphatic carbocycles. The molecule has 0 unspecified atom stereocenters. The van der Waals surface area contributed by atoms with Gasteiger partial charge in [-0.05, 0) is 79.1 Å². The molecule has 3 aromatic carbocycles. The highest BCUT2D eigenvalue weighted by atomic mass is 19.1. The van der Waals surface area contributed by atoms with Crippen molar-refractivity contribution in [3.63, 3.8) is 0 Å². The molecule has 0 spiro atoms. The molecule has 1 saturated heterocycles. The number of benzene rings is 3. The van der Waals surface area contributed by atoms with Crippen molar-refractivity contribution in [2.75, 3.05) is 16.9 Å². The second-order valence-corrected chi connectivity index (χ2v) is 8.23. The maximum absolute atomic E-state index is 13.0. The number of hydrazine groups is 1. The lowest BCUT2D eigenvalue weighted by molar-refractivity contribution is -0.125. The van der Waals surface area contributed by atoms with E-state index in [1.807, 2.05) is 32.0 Å². The fraction of sp³-hybridized carbons (Fsp3) is 0.231. The van der Waals surface area contributed by atoms with E-state index < -0.39 is 5.92 Å². The van der Waals surface area contributed by atoms with Crippen LogP contribution >= 0.6 is 0 Å². The number of rotatable bonds is 7. The smallest absolute Gasteiger partial charge is 0.243 e. The van der Waals surface area contributed by atoms with Gasteiger partial charge in [0.2, 0.25) is 11.8 Å². The number of carbonyl (C=O) groups excluding carboxylic acids is 2. The van der Waals surface area contributed by atoms with E-state index in [1.54, 1.807) is 41.3 Å². The zero-order chi connectivity index (χ0) is 23.4. The maximum Gasteiger partial charge on any atom is 0.243 e. The molecule has 0 bridgehead atoms. The number of hydrogen-bond acceptors (Lipinski definition) is 4. The summed E-state index contributed by atoms with van der Waals surface area (Å²) >= 11 is 0. The largest absolute Gasteiger partial charge is 0.489 e. The molecule has 2 amide bonds. The van der Waals surface area contributed by atoms with E-state index in [1.165, 1.54) is 12.1 Å². The number of anilines is 2. The summed E-state index contributed by atoms with van der Waals surface area (Å²) in [5, 5.41) is 0. The van der Waals surface area contributed by atoms with Crippen LogP contribution < -0.4 is 20.5 Å². The number of carbonyl (C=O) groups is 2. The first-order chi connectivity index (χ1) is 15.9. The number of nitrogens with one attached hydrogen (secondary N) is 2. The van der Waals surface area contributed by atoms with Crippen molar-refractivity contribution in [3.8, 4) is 5.75 Å². The van der Waals surface area contributed by atoms with Gasteiger partial charge in [-0.3, -0.25) is 20.4 Å². The summed E-state index contributed by atoms with van der Waals surface area (Å²) in [6.07, 6.45) is 0.177. The van der Waals surface area contributed by atoms with Crippen LogP contribution in [0.5, 0.6) is 5.75 Å². The summed E-state index contributed by atoms with van der Waals surface area (Å²) in [6.45, 7) is 4.71. The fourth-order valence-corrected chi connectivity index (χ4v) is 3.64. The Kier molecular flexibility index (Phi) is 6.58. The van der Waals surface area contributed by atoms with E-state index in [9.17, 15) is 14.0 Å². The van der Waals surface area contributed by atoms with Gasteiger partial charge in [0.15, 0.2) is 0 Å². The first-order valence-electron chi connectivity index (χ1n) is 10.8. The van der Waals surface area contributed by atoms with Gasteiger partial charge in [-0.25, -0.2) is 4.39 Å².